The molecule has 80 valence electrons. The third-order valence-electron chi connectivity index (χ3n) is 1.95. The molecular formula is C8H11F3N2S. The van der Waals surface area contributed by atoms with Gasteiger partial charge in [-0.25, -0.2) is 0 Å². The maximum Gasteiger partial charge on any atom is 0.433 e. The number of alkyl halides is 3. The van der Waals surface area contributed by atoms with E-state index in [1.807, 2.05) is 0 Å². The lowest BCUT2D eigenvalue weighted by Gasteiger charge is -2.07. The molecule has 0 aliphatic carbocycles. The minimum absolute atomic E-state index is 0.0844. The minimum atomic E-state index is -4.36. The van der Waals surface area contributed by atoms with Crippen molar-refractivity contribution in [1.29, 1.82) is 0 Å². The van der Waals surface area contributed by atoms with E-state index in [1.54, 1.807) is 13.8 Å². The van der Waals surface area contributed by atoms with Gasteiger partial charge in [-0.2, -0.15) is 13.2 Å². The molecule has 0 aromatic carbocycles. The summed E-state index contributed by atoms with van der Waals surface area (Å²) in [6.45, 7) is 4.92. The first-order valence-corrected chi connectivity index (χ1v) is 4.54. The quantitative estimate of drug-likeness (QED) is 0.724. The number of rotatable bonds is 1. The largest absolute Gasteiger partial charge is 0.433 e. The molecule has 2 nitrogen and oxygen atoms in total. The van der Waals surface area contributed by atoms with E-state index in [9.17, 15) is 13.2 Å². The Hall–Kier alpha value is -0.780. The molecule has 1 N–H and O–H groups in total. The van der Waals surface area contributed by atoms with Crippen LogP contribution in [0.1, 0.15) is 31.1 Å². The van der Waals surface area contributed by atoms with E-state index in [4.69, 9.17) is 12.2 Å². The van der Waals surface area contributed by atoms with Crippen molar-refractivity contribution in [2.24, 2.45) is 0 Å². The van der Waals surface area contributed by atoms with E-state index >= 15 is 0 Å². The summed E-state index contributed by atoms with van der Waals surface area (Å²) in [5.74, 6) is 0. The highest BCUT2D eigenvalue weighted by Gasteiger charge is 2.35. The number of hydrogen-bond donors (Lipinski definition) is 1. The first-order valence-electron chi connectivity index (χ1n) is 4.13. The SMILES string of the molecule is Cc1c(C(F)(F)F)[nH]n(C(C)C)c1=S. The third kappa shape index (κ3) is 1.84. The fourth-order valence-corrected chi connectivity index (χ4v) is 1.54. The number of H-pyrrole nitrogens is 1. The van der Waals surface area contributed by atoms with Crippen LogP contribution in [0.2, 0.25) is 0 Å². The lowest BCUT2D eigenvalue weighted by molar-refractivity contribution is -0.142. The molecule has 0 unspecified atom stereocenters. The predicted octanol–water partition coefficient (Wildman–Crippen LogP) is 3.45. The lowest BCUT2D eigenvalue weighted by Crippen LogP contribution is -2.09. The summed E-state index contributed by atoms with van der Waals surface area (Å²) in [5.41, 5.74) is -0.669. The fraction of sp³-hybridized carbons (Fsp3) is 0.625. The van der Waals surface area contributed by atoms with Crippen LogP contribution in [0, 0.1) is 11.6 Å². The van der Waals surface area contributed by atoms with E-state index in [-0.39, 0.29) is 16.2 Å². The number of aromatic amines is 1. The van der Waals surface area contributed by atoms with Gasteiger partial charge in [0.1, 0.15) is 10.3 Å². The summed E-state index contributed by atoms with van der Waals surface area (Å²) in [6, 6.07) is -0.0997. The van der Waals surface area contributed by atoms with Crippen molar-refractivity contribution in [2.45, 2.75) is 33.0 Å². The van der Waals surface area contributed by atoms with Gasteiger partial charge in [-0.1, -0.05) is 12.2 Å². The maximum atomic E-state index is 12.4. The summed E-state index contributed by atoms with van der Waals surface area (Å²) >= 11 is 4.89. The molecular weight excluding hydrogens is 213 g/mol. The molecule has 0 amide bonds. The van der Waals surface area contributed by atoms with Crippen LogP contribution in [-0.4, -0.2) is 9.78 Å². The Labute approximate surface area is 84.7 Å². The number of hydrogen-bond acceptors (Lipinski definition) is 1. The Balaban J connectivity index is 3.37. The predicted molar refractivity (Wildman–Crippen MR) is 49.7 cm³/mol. The van der Waals surface area contributed by atoms with Crippen molar-refractivity contribution in [3.8, 4) is 0 Å². The van der Waals surface area contributed by atoms with Crippen molar-refractivity contribution in [2.75, 3.05) is 0 Å². The number of halogens is 3. The number of nitrogens with one attached hydrogen (secondary N) is 1. The van der Waals surface area contributed by atoms with Gasteiger partial charge in [0.2, 0.25) is 0 Å². The summed E-state index contributed by atoms with van der Waals surface area (Å²) in [4.78, 5) is 0. The first-order chi connectivity index (χ1) is 6.25. The van der Waals surface area contributed by atoms with Gasteiger partial charge in [-0.15, -0.1) is 0 Å². The molecule has 0 spiro atoms. The summed E-state index contributed by atoms with van der Waals surface area (Å²) < 4.78 is 38.8. The van der Waals surface area contributed by atoms with Gasteiger partial charge in [0.25, 0.3) is 0 Å². The molecule has 1 aromatic heterocycles. The van der Waals surface area contributed by atoms with Crippen LogP contribution in [0.25, 0.3) is 0 Å². The van der Waals surface area contributed by atoms with E-state index in [1.165, 1.54) is 11.6 Å². The monoisotopic (exact) mass is 224 g/mol. The van der Waals surface area contributed by atoms with Crippen molar-refractivity contribution < 1.29 is 13.2 Å². The Bertz CT molecular complexity index is 386. The molecule has 0 aliphatic heterocycles. The van der Waals surface area contributed by atoms with Crippen LogP contribution in [0.3, 0.4) is 0 Å². The average molecular weight is 224 g/mol. The van der Waals surface area contributed by atoms with Gasteiger partial charge in [0.05, 0.1) is 0 Å². The van der Waals surface area contributed by atoms with Gasteiger partial charge >= 0.3 is 6.18 Å². The van der Waals surface area contributed by atoms with Crippen LogP contribution in [0.15, 0.2) is 0 Å². The van der Waals surface area contributed by atoms with Gasteiger partial charge in [0, 0.05) is 11.6 Å². The average Bonchev–Trinajstić information content (AvgIpc) is 2.28. The van der Waals surface area contributed by atoms with Crippen LogP contribution in [0.5, 0.6) is 0 Å². The molecule has 0 saturated heterocycles. The smallest absolute Gasteiger partial charge is 0.293 e. The zero-order chi connectivity index (χ0) is 11.1. The molecule has 0 radical (unpaired) electrons. The second-order valence-electron chi connectivity index (χ2n) is 3.38. The number of nitrogens with zero attached hydrogens (tertiary/aromatic N) is 1. The molecule has 0 fully saturated rings. The zero-order valence-electron chi connectivity index (χ0n) is 8.07. The fourth-order valence-electron chi connectivity index (χ4n) is 1.18. The number of aromatic nitrogens is 2. The molecule has 1 rings (SSSR count). The van der Waals surface area contributed by atoms with Crippen LogP contribution < -0.4 is 0 Å². The maximum absolute atomic E-state index is 12.4. The molecule has 1 heterocycles. The van der Waals surface area contributed by atoms with E-state index in [0.29, 0.717) is 0 Å². The normalized spacial score (nSPS) is 12.5. The Morgan fingerprint density at radius 2 is 1.86 bits per heavy atom. The van der Waals surface area contributed by atoms with Crippen molar-refractivity contribution in [3.05, 3.63) is 15.9 Å². The zero-order valence-corrected chi connectivity index (χ0v) is 8.88. The van der Waals surface area contributed by atoms with Gasteiger partial charge in [-0.3, -0.25) is 9.78 Å². The third-order valence-corrected chi connectivity index (χ3v) is 2.45. The van der Waals surface area contributed by atoms with E-state index < -0.39 is 11.9 Å². The second-order valence-corrected chi connectivity index (χ2v) is 3.77. The molecule has 0 saturated carbocycles. The Morgan fingerprint density at radius 1 is 1.36 bits per heavy atom. The highest BCUT2D eigenvalue weighted by Crippen LogP contribution is 2.31. The minimum Gasteiger partial charge on any atom is -0.293 e. The van der Waals surface area contributed by atoms with Crippen LogP contribution in [0.4, 0.5) is 13.2 Å². The van der Waals surface area contributed by atoms with Gasteiger partial charge in [-0.05, 0) is 20.8 Å². The first kappa shape index (κ1) is 11.3. The molecule has 0 aliphatic rings. The molecule has 6 heteroatoms. The van der Waals surface area contributed by atoms with Crippen molar-refractivity contribution in [3.63, 3.8) is 0 Å². The molecule has 0 bridgehead atoms. The molecule has 0 atom stereocenters. The van der Waals surface area contributed by atoms with Crippen molar-refractivity contribution >= 4 is 12.2 Å². The summed E-state index contributed by atoms with van der Waals surface area (Å²) in [6.07, 6.45) is -4.36. The molecule has 1 aromatic rings. The molecule has 14 heavy (non-hydrogen) atoms. The Kier molecular flexibility index (Phi) is 2.76. The summed E-state index contributed by atoms with van der Waals surface area (Å²) in [7, 11) is 0. The van der Waals surface area contributed by atoms with Crippen LogP contribution >= 0.6 is 12.2 Å². The highest BCUT2D eigenvalue weighted by molar-refractivity contribution is 7.71. The lowest BCUT2D eigenvalue weighted by atomic mass is 10.3. The van der Waals surface area contributed by atoms with Gasteiger partial charge in [0.15, 0.2) is 0 Å². The van der Waals surface area contributed by atoms with Crippen molar-refractivity contribution in [1.82, 2.24) is 9.78 Å². The summed E-state index contributed by atoms with van der Waals surface area (Å²) in [5, 5.41) is 2.28. The van der Waals surface area contributed by atoms with E-state index in [2.05, 4.69) is 5.10 Å². The topological polar surface area (TPSA) is 20.7 Å². The van der Waals surface area contributed by atoms with Gasteiger partial charge < -0.3 is 0 Å². The van der Waals surface area contributed by atoms with Crippen LogP contribution in [-0.2, 0) is 6.18 Å². The second kappa shape index (κ2) is 3.42. The standard InChI is InChI=1S/C8H11F3N2S/c1-4(2)13-7(14)5(3)6(12-13)8(9,10)11/h4,12H,1-3H3. The highest BCUT2D eigenvalue weighted by atomic mass is 32.1. The van der Waals surface area contributed by atoms with E-state index in [0.717, 1.165) is 0 Å². The Morgan fingerprint density at radius 3 is 2.07 bits per heavy atom.